The van der Waals surface area contributed by atoms with Gasteiger partial charge in [0.05, 0.1) is 11.4 Å². The van der Waals surface area contributed by atoms with Gasteiger partial charge in [0.25, 0.3) is 5.91 Å². The summed E-state index contributed by atoms with van der Waals surface area (Å²) >= 11 is 1.45. The maximum absolute atomic E-state index is 12.3. The van der Waals surface area contributed by atoms with E-state index in [0.717, 1.165) is 17.8 Å². The number of aromatic nitrogens is 2. The zero-order valence-electron chi connectivity index (χ0n) is 12.3. The summed E-state index contributed by atoms with van der Waals surface area (Å²) in [5, 5.41) is 4.54. The Morgan fingerprint density at radius 1 is 1.41 bits per heavy atom. The minimum absolute atomic E-state index is 0.0661. The second-order valence-corrected chi connectivity index (χ2v) is 8.24. The molecule has 7 nitrogen and oxygen atoms in total. The van der Waals surface area contributed by atoms with E-state index in [2.05, 4.69) is 10.3 Å². The van der Waals surface area contributed by atoms with Gasteiger partial charge in [-0.15, -0.1) is 11.3 Å². The van der Waals surface area contributed by atoms with Crippen LogP contribution in [-0.2, 0) is 10.0 Å². The minimum atomic E-state index is -3.27. The van der Waals surface area contributed by atoms with Gasteiger partial charge in [-0.2, -0.15) is 0 Å². The fourth-order valence-corrected chi connectivity index (χ4v) is 4.83. The number of aryl methyl sites for hydroxylation is 1. The molecule has 0 atom stereocenters. The van der Waals surface area contributed by atoms with Crippen molar-refractivity contribution in [3.05, 3.63) is 23.0 Å². The van der Waals surface area contributed by atoms with Crippen LogP contribution >= 0.6 is 11.3 Å². The molecular weight excluding hydrogens is 324 g/mol. The van der Waals surface area contributed by atoms with Gasteiger partial charge < -0.3 is 5.32 Å². The van der Waals surface area contributed by atoms with Crippen molar-refractivity contribution >= 4 is 32.2 Å². The smallest absolute Gasteiger partial charge is 0.270 e. The second kappa shape index (κ2) is 5.98. The highest BCUT2D eigenvalue weighted by atomic mass is 32.2. The van der Waals surface area contributed by atoms with Crippen LogP contribution in [0.2, 0.25) is 0 Å². The van der Waals surface area contributed by atoms with E-state index in [9.17, 15) is 13.2 Å². The average Bonchev–Trinajstić information content (AvgIpc) is 3.13. The number of carbonyl (C=O) groups is 1. The largest absolute Gasteiger partial charge is 0.350 e. The quantitative estimate of drug-likeness (QED) is 0.873. The van der Waals surface area contributed by atoms with Crippen molar-refractivity contribution in [3.8, 4) is 0 Å². The molecule has 2 aromatic heterocycles. The molecule has 0 spiro atoms. The van der Waals surface area contributed by atoms with Gasteiger partial charge in [-0.3, -0.25) is 9.20 Å². The second-order valence-electron chi connectivity index (χ2n) is 5.28. The van der Waals surface area contributed by atoms with Crippen molar-refractivity contribution in [2.45, 2.75) is 19.8 Å². The van der Waals surface area contributed by atoms with E-state index in [1.807, 2.05) is 5.38 Å². The molecule has 1 saturated heterocycles. The number of thiazole rings is 1. The molecule has 1 aliphatic rings. The van der Waals surface area contributed by atoms with E-state index in [0.29, 0.717) is 24.5 Å². The first-order chi connectivity index (χ1) is 10.5. The number of sulfonamides is 1. The van der Waals surface area contributed by atoms with Crippen molar-refractivity contribution in [1.82, 2.24) is 19.0 Å². The maximum atomic E-state index is 12.3. The van der Waals surface area contributed by atoms with Crippen LogP contribution in [-0.4, -0.2) is 53.4 Å². The lowest BCUT2D eigenvalue weighted by Crippen LogP contribution is -2.36. The number of amides is 1. The predicted molar refractivity (Wildman–Crippen MR) is 84.7 cm³/mol. The summed E-state index contributed by atoms with van der Waals surface area (Å²) in [6.45, 7) is 3.06. The molecule has 1 N–H and O–H groups in total. The molecule has 0 radical (unpaired) electrons. The number of hydrogen-bond donors (Lipinski definition) is 1. The fourth-order valence-electron chi connectivity index (χ4n) is 2.64. The van der Waals surface area contributed by atoms with Gasteiger partial charge in [0.2, 0.25) is 10.0 Å². The number of rotatable bonds is 5. The van der Waals surface area contributed by atoms with Crippen LogP contribution in [0.25, 0.3) is 4.96 Å². The first-order valence-electron chi connectivity index (χ1n) is 7.17. The normalized spacial score (nSPS) is 16.4. The third kappa shape index (κ3) is 2.88. The third-order valence-electron chi connectivity index (χ3n) is 3.76. The lowest BCUT2D eigenvalue weighted by atomic mass is 10.3. The summed E-state index contributed by atoms with van der Waals surface area (Å²) in [7, 11) is -3.27. The number of fused-ring (bicyclic) bond motifs is 1. The Hall–Kier alpha value is -1.45. The summed E-state index contributed by atoms with van der Waals surface area (Å²) < 4.78 is 27.4. The average molecular weight is 342 g/mol. The van der Waals surface area contributed by atoms with Crippen LogP contribution in [0, 0.1) is 6.92 Å². The van der Waals surface area contributed by atoms with Gasteiger partial charge in [0.1, 0.15) is 5.69 Å². The molecule has 1 amide bonds. The van der Waals surface area contributed by atoms with Gasteiger partial charge in [-0.1, -0.05) is 0 Å². The Balaban J connectivity index is 1.63. The fraction of sp³-hybridized carbons (Fsp3) is 0.538. The van der Waals surface area contributed by atoms with Crippen LogP contribution in [0.3, 0.4) is 0 Å². The summed E-state index contributed by atoms with van der Waals surface area (Å²) in [4.78, 5) is 17.3. The molecule has 0 aromatic carbocycles. The molecule has 120 valence electrons. The first-order valence-corrected chi connectivity index (χ1v) is 9.66. The topological polar surface area (TPSA) is 83.8 Å². The Morgan fingerprint density at radius 3 is 2.86 bits per heavy atom. The third-order valence-corrected chi connectivity index (χ3v) is 6.38. The molecule has 22 heavy (non-hydrogen) atoms. The molecule has 0 bridgehead atoms. The van der Waals surface area contributed by atoms with Crippen molar-refractivity contribution in [2.24, 2.45) is 0 Å². The molecule has 1 fully saturated rings. The highest BCUT2D eigenvalue weighted by Crippen LogP contribution is 2.17. The molecule has 0 aliphatic carbocycles. The van der Waals surface area contributed by atoms with Crippen LogP contribution < -0.4 is 5.32 Å². The summed E-state index contributed by atoms with van der Waals surface area (Å²) in [6.07, 6.45) is 3.61. The lowest BCUT2D eigenvalue weighted by Gasteiger charge is -2.15. The van der Waals surface area contributed by atoms with Crippen LogP contribution in [0.5, 0.6) is 0 Å². The predicted octanol–water partition coefficient (Wildman–Crippen LogP) is 0.860. The summed E-state index contributed by atoms with van der Waals surface area (Å²) in [6, 6.07) is 0. The SMILES string of the molecule is Cc1nc2sccn2c1C(=O)NCCS(=O)(=O)N1CCCC1. The number of nitrogens with zero attached hydrogens (tertiary/aromatic N) is 3. The number of nitrogens with one attached hydrogen (secondary N) is 1. The van der Waals surface area contributed by atoms with Gasteiger partial charge in [0, 0.05) is 31.2 Å². The molecule has 0 saturated carbocycles. The standard InChI is InChI=1S/C13H18N4O3S2/c1-10-11(17-7-8-21-13(17)15-10)12(18)14-4-9-22(19,20)16-5-2-3-6-16/h7-8H,2-6,9H2,1H3,(H,14,18). The van der Waals surface area contributed by atoms with Crippen molar-refractivity contribution in [3.63, 3.8) is 0 Å². The molecular formula is C13H18N4O3S2. The number of hydrogen-bond acceptors (Lipinski definition) is 5. The van der Waals surface area contributed by atoms with Gasteiger partial charge in [0.15, 0.2) is 4.96 Å². The highest BCUT2D eigenvalue weighted by molar-refractivity contribution is 7.89. The zero-order chi connectivity index (χ0) is 15.7. The van der Waals surface area contributed by atoms with Crippen molar-refractivity contribution in [1.29, 1.82) is 0 Å². The van der Waals surface area contributed by atoms with E-state index in [4.69, 9.17) is 0 Å². The van der Waals surface area contributed by atoms with Crippen LogP contribution in [0.4, 0.5) is 0 Å². The van der Waals surface area contributed by atoms with E-state index in [1.54, 1.807) is 17.5 Å². The maximum Gasteiger partial charge on any atom is 0.270 e. The van der Waals surface area contributed by atoms with Crippen molar-refractivity contribution in [2.75, 3.05) is 25.4 Å². The van der Waals surface area contributed by atoms with Gasteiger partial charge >= 0.3 is 0 Å². The molecule has 0 unspecified atom stereocenters. The lowest BCUT2D eigenvalue weighted by molar-refractivity contribution is 0.0949. The van der Waals surface area contributed by atoms with E-state index in [1.165, 1.54) is 15.6 Å². The Morgan fingerprint density at radius 2 is 2.14 bits per heavy atom. The van der Waals surface area contributed by atoms with Crippen molar-refractivity contribution < 1.29 is 13.2 Å². The van der Waals surface area contributed by atoms with Gasteiger partial charge in [-0.25, -0.2) is 17.7 Å². The minimum Gasteiger partial charge on any atom is -0.350 e. The Kier molecular flexibility index (Phi) is 4.20. The van der Waals surface area contributed by atoms with E-state index < -0.39 is 10.0 Å². The molecule has 3 heterocycles. The summed E-state index contributed by atoms with van der Waals surface area (Å²) in [5.74, 6) is -0.358. The monoisotopic (exact) mass is 342 g/mol. The molecule has 2 aromatic rings. The number of carbonyl (C=O) groups excluding carboxylic acids is 1. The Bertz CT molecular complexity index is 787. The molecule has 9 heteroatoms. The molecule has 1 aliphatic heterocycles. The molecule has 3 rings (SSSR count). The van der Waals surface area contributed by atoms with Crippen LogP contribution in [0.15, 0.2) is 11.6 Å². The van der Waals surface area contributed by atoms with E-state index >= 15 is 0 Å². The Labute approximate surface area is 133 Å². The summed E-state index contributed by atoms with van der Waals surface area (Å²) in [5.41, 5.74) is 1.11. The first kappa shape index (κ1) is 15.4. The zero-order valence-corrected chi connectivity index (χ0v) is 13.9. The van der Waals surface area contributed by atoms with E-state index in [-0.39, 0.29) is 18.2 Å². The van der Waals surface area contributed by atoms with Crippen LogP contribution in [0.1, 0.15) is 29.0 Å². The van der Waals surface area contributed by atoms with Gasteiger partial charge in [-0.05, 0) is 19.8 Å². The number of imidazole rings is 1. The highest BCUT2D eigenvalue weighted by Gasteiger charge is 2.25.